The maximum absolute atomic E-state index is 4.68. The Kier molecular flexibility index (Phi) is 3.65. The standard InChI is InChI=1S/C18H11BrN6S/c19-13-8-4-7-12(9-13)16-22-23-18-25(16)24-17(26-18)15-10-14(20-21-15)11-5-2-1-3-6-11/h1-10H,(H,20,21). The molecular weight excluding hydrogens is 412 g/mol. The molecule has 26 heavy (non-hydrogen) atoms. The first kappa shape index (κ1) is 15.4. The number of aromatic nitrogens is 6. The van der Waals surface area contributed by atoms with Crippen molar-refractivity contribution in [3.05, 3.63) is 65.1 Å². The summed E-state index contributed by atoms with van der Waals surface area (Å²) in [5.41, 5.74) is 3.77. The summed E-state index contributed by atoms with van der Waals surface area (Å²) in [7, 11) is 0. The first-order valence-electron chi connectivity index (χ1n) is 7.87. The second-order valence-electron chi connectivity index (χ2n) is 5.67. The fraction of sp³-hybridized carbons (Fsp3) is 0. The highest BCUT2D eigenvalue weighted by Gasteiger charge is 2.16. The molecule has 0 aliphatic rings. The molecule has 3 heterocycles. The van der Waals surface area contributed by atoms with Gasteiger partial charge in [-0.1, -0.05) is 69.7 Å². The summed E-state index contributed by atoms with van der Waals surface area (Å²) >= 11 is 4.96. The van der Waals surface area contributed by atoms with Gasteiger partial charge >= 0.3 is 0 Å². The SMILES string of the molecule is Brc1cccc(-c2nnc3sc(-c4cc(-c5ccccc5)n[nH]4)nn23)c1. The average molecular weight is 423 g/mol. The summed E-state index contributed by atoms with van der Waals surface area (Å²) in [5, 5.41) is 21.5. The van der Waals surface area contributed by atoms with Crippen LogP contribution in [0.5, 0.6) is 0 Å². The van der Waals surface area contributed by atoms with Crippen molar-refractivity contribution in [3.8, 4) is 33.3 Å². The lowest BCUT2D eigenvalue weighted by Crippen LogP contribution is -1.91. The number of fused-ring (bicyclic) bond motifs is 1. The van der Waals surface area contributed by atoms with E-state index in [1.807, 2.05) is 60.7 Å². The van der Waals surface area contributed by atoms with E-state index in [0.717, 1.165) is 37.0 Å². The monoisotopic (exact) mass is 422 g/mol. The molecule has 0 unspecified atom stereocenters. The highest BCUT2D eigenvalue weighted by molar-refractivity contribution is 9.10. The number of hydrogen-bond acceptors (Lipinski definition) is 5. The normalized spacial score (nSPS) is 11.3. The lowest BCUT2D eigenvalue weighted by Gasteiger charge is -1.97. The minimum atomic E-state index is 0.714. The van der Waals surface area contributed by atoms with Crippen molar-refractivity contribution in [1.82, 2.24) is 30.0 Å². The van der Waals surface area contributed by atoms with Gasteiger partial charge in [-0.05, 0) is 18.2 Å². The van der Waals surface area contributed by atoms with Crippen molar-refractivity contribution < 1.29 is 0 Å². The first-order chi connectivity index (χ1) is 12.8. The first-order valence-corrected chi connectivity index (χ1v) is 9.48. The molecule has 3 aromatic heterocycles. The van der Waals surface area contributed by atoms with Gasteiger partial charge in [-0.3, -0.25) is 5.10 Å². The smallest absolute Gasteiger partial charge is 0.235 e. The molecule has 0 atom stereocenters. The predicted molar refractivity (Wildman–Crippen MR) is 105 cm³/mol. The van der Waals surface area contributed by atoms with Gasteiger partial charge in [0.2, 0.25) is 4.96 Å². The molecular formula is C18H11BrN6S. The number of H-pyrrole nitrogens is 1. The minimum Gasteiger partial charge on any atom is -0.275 e. The van der Waals surface area contributed by atoms with Crippen molar-refractivity contribution in [3.63, 3.8) is 0 Å². The van der Waals surface area contributed by atoms with Crippen LogP contribution in [0.2, 0.25) is 0 Å². The Morgan fingerprint density at radius 3 is 2.62 bits per heavy atom. The maximum Gasteiger partial charge on any atom is 0.235 e. The van der Waals surface area contributed by atoms with Gasteiger partial charge in [-0.2, -0.15) is 14.7 Å². The molecule has 5 aromatic rings. The van der Waals surface area contributed by atoms with Gasteiger partial charge in [0.1, 0.15) is 0 Å². The number of halogens is 1. The van der Waals surface area contributed by atoms with Crippen molar-refractivity contribution >= 4 is 32.2 Å². The Hall–Kier alpha value is -2.84. The third kappa shape index (κ3) is 2.63. The van der Waals surface area contributed by atoms with E-state index in [9.17, 15) is 0 Å². The molecule has 1 N–H and O–H groups in total. The van der Waals surface area contributed by atoms with E-state index < -0.39 is 0 Å². The Morgan fingerprint density at radius 1 is 0.923 bits per heavy atom. The zero-order chi connectivity index (χ0) is 17.5. The lowest BCUT2D eigenvalue weighted by atomic mass is 10.1. The molecule has 8 heteroatoms. The number of hydrogen-bond donors (Lipinski definition) is 1. The fourth-order valence-corrected chi connectivity index (χ4v) is 3.93. The van der Waals surface area contributed by atoms with E-state index >= 15 is 0 Å². The van der Waals surface area contributed by atoms with Gasteiger partial charge < -0.3 is 0 Å². The summed E-state index contributed by atoms with van der Waals surface area (Å²) in [5.74, 6) is 0.714. The molecule has 0 aliphatic heterocycles. The molecule has 5 rings (SSSR count). The molecule has 0 fully saturated rings. The van der Waals surface area contributed by atoms with Gasteiger partial charge in [-0.25, -0.2) is 0 Å². The Labute approximate surface area is 160 Å². The van der Waals surface area contributed by atoms with E-state index in [-0.39, 0.29) is 0 Å². The minimum absolute atomic E-state index is 0.714. The van der Waals surface area contributed by atoms with Crippen LogP contribution in [0.3, 0.4) is 0 Å². The Balaban J connectivity index is 1.56. The largest absolute Gasteiger partial charge is 0.275 e. The Morgan fingerprint density at radius 2 is 1.77 bits per heavy atom. The summed E-state index contributed by atoms with van der Waals surface area (Å²) in [6.45, 7) is 0. The third-order valence-corrected chi connectivity index (χ3v) is 5.38. The van der Waals surface area contributed by atoms with E-state index in [2.05, 4.69) is 41.4 Å². The van der Waals surface area contributed by atoms with Crippen molar-refractivity contribution in [2.45, 2.75) is 0 Å². The summed E-state index contributed by atoms with van der Waals surface area (Å²) in [6.07, 6.45) is 0. The van der Waals surface area contributed by atoms with Crippen LogP contribution < -0.4 is 0 Å². The Bertz CT molecular complexity index is 1210. The predicted octanol–water partition coefficient (Wildman–Crippen LogP) is 4.67. The van der Waals surface area contributed by atoms with Crippen molar-refractivity contribution in [2.24, 2.45) is 0 Å². The van der Waals surface area contributed by atoms with Crippen molar-refractivity contribution in [2.75, 3.05) is 0 Å². The number of nitrogens with one attached hydrogen (secondary N) is 1. The molecule has 6 nitrogen and oxygen atoms in total. The topological polar surface area (TPSA) is 71.8 Å². The van der Waals surface area contributed by atoms with Crippen LogP contribution >= 0.6 is 27.3 Å². The van der Waals surface area contributed by atoms with E-state index in [4.69, 9.17) is 0 Å². The van der Waals surface area contributed by atoms with Crippen LogP contribution in [0.4, 0.5) is 0 Å². The summed E-state index contributed by atoms with van der Waals surface area (Å²) in [6, 6.07) is 20.0. The zero-order valence-corrected chi connectivity index (χ0v) is 15.7. The highest BCUT2D eigenvalue weighted by atomic mass is 79.9. The third-order valence-electron chi connectivity index (χ3n) is 3.95. The van der Waals surface area contributed by atoms with E-state index in [1.54, 1.807) is 4.52 Å². The van der Waals surface area contributed by atoms with Gasteiger partial charge in [0.25, 0.3) is 0 Å². The van der Waals surface area contributed by atoms with Gasteiger partial charge in [0.15, 0.2) is 10.8 Å². The average Bonchev–Trinajstić information content (AvgIpc) is 3.37. The van der Waals surface area contributed by atoms with Gasteiger partial charge in [0.05, 0.1) is 11.4 Å². The fourth-order valence-electron chi connectivity index (χ4n) is 2.72. The molecule has 2 aromatic carbocycles. The zero-order valence-electron chi connectivity index (χ0n) is 13.3. The molecule has 0 saturated carbocycles. The lowest BCUT2D eigenvalue weighted by molar-refractivity contribution is 0.963. The number of aromatic amines is 1. The molecule has 0 amide bonds. The van der Waals surface area contributed by atoms with Crippen LogP contribution in [0.15, 0.2) is 65.1 Å². The molecule has 126 valence electrons. The molecule has 0 bridgehead atoms. The molecule has 0 aliphatic carbocycles. The van der Waals surface area contributed by atoms with Gasteiger partial charge in [0, 0.05) is 15.6 Å². The second kappa shape index (κ2) is 6.15. The quantitative estimate of drug-likeness (QED) is 0.458. The van der Waals surface area contributed by atoms with Crippen LogP contribution in [-0.2, 0) is 0 Å². The van der Waals surface area contributed by atoms with Crippen LogP contribution in [0.1, 0.15) is 0 Å². The molecule has 0 radical (unpaired) electrons. The van der Waals surface area contributed by atoms with E-state index in [0.29, 0.717) is 5.82 Å². The van der Waals surface area contributed by atoms with Gasteiger partial charge in [-0.15, -0.1) is 10.2 Å². The number of nitrogens with zero attached hydrogens (tertiary/aromatic N) is 5. The highest BCUT2D eigenvalue weighted by Crippen LogP contribution is 2.29. The van der Waals surface area contributed by atoms with Crippen molar-refractivity contribution in [1.29, 1.82) is 0 Å². The second-order valence-corrected chi connectivity index (χ2v) is 7.54. The van der Waals surface area contributed by atoms with Crippen LogP contribution in [0.25, 0.3) is 38.3 Å². The summed E-state index contributed by atoms with van der Waals surface area (Å²) in [4.78, 5) is 0.742. The van der Waals surface area contributed by atoms with E-state index in [1.165, 1.54) is 11.3 Å². The molecule has 0 spiro atoms. The number of rotatable bonds is 3. The molecule has 0 saturated heterocycles. The number of benzene rings is 2. The summed E-state index contributed by atoms with van der Waals surface area (Å²) < 4.78 is 2.76. The van der Waals surface area contributed by atoms with Crippen LogP contribution in [-0.4, -0.2) is 30.0 Å². The maximum atomic E-state index is 4.68. The van der Waals surface area contributed by atoms with Crippen LogP contribution in [0, 0.1) is 0 Å².